The fourth-order valence-electron chi connectivity index (χ4n) is 1.88. The van der Waals surface area contributed by atoms with Crippen LogP contribution >= 0.6 is 0 Å². The maximum atomic E-state index is 3.22. The van der Waals surface area contributed by atoms with Gasteiger partial charge in [-0.1, -0.05) is 13.3 Å². The van der Waals surface area contributed by atoms with Gasteiger partial charge in [-0.2, -0.15) is 0 Å². The maximum Gasteiger partial charge on any atom is 0.00923 e. The Morgan fingerprint density at radius 1 is 1.50 bits per heavy atom. The van der Waals surface area contributed by atoms with E-state index in [0.29, 0.717) is 0 Å². The van der Waals surface area contributed by atoms with E-state index in [1.165, 1.54) is 25.8 Å². The zero-order chi connectivity index (χ0) is 8.97. The molecule has 2 nitrogen and oxygen atoms in total. The minimum Gasteiger partial charge on any atom is -0.319 e. The maximum absolute atomic E-state index is 3.22. The van der Waals surface area contributed by atoms with Crippen LogP contribution in [0.25, 0.3) is 0 Å². The fourth-order valence-corrected chi connectivity index (χ4v) is 1.88. The van der Waals surface area contributed by atoms with Crippen molar-refractivity contribution in [3.05, 3.63) is 0 Å². The summed E-state index contributed by atoms with van der Waals surface area (Å²) in [6, 6.07) is 0.893. The van der Waals surface area contributed by atoms with Crippen molar-refractivity contribution in [3.8, 4) is 0 Å². The molecule has 1 rings (SSSR count). The summed E-state index contributed by atoms with van der Waals surface area (Å²) in [6.07, 6.45) is 4.28. The van der Waals surface area contributed by atoms with Gasteiger partial charge in [0, 0.05) is 12.6 Å². The van der Waals surface area contributed by atoms with Crippen LogP contribution in [0, 0.1) is 5.92 Å². The number of nitrogens with one attached hydrogen (secondary N) is 1. The summed E-state index contributed by atoms with van der Waals surface area (Å²) in [5, 5.41) is 3.22. The van der Waals surface area contributed by atoms with Gasteiger partial charge < -0.3 is 10.2 Å². The predicted molar refractivity (Wildman–Crippen MR) is 53.4 cm³/mol. The quantitative estimate of drug-likeness (QED) is 0.669. The van der Waals surface area contributed by atoms with Crippen LogP contribution in [0.2, 0.25) is 0 Å². The molecule has 72 valence electrons. The van der Waals surface area contributed by atoms with E-state index in [0.717, 1.165) is 18.5 Å². The van der Waals surface area contributed by atoms with E-state index in [9.17, 15) is 0 Å². The van der Waals surface area contributed by atoms with Gasteiger partial charge in [0.15, 0.2) is 0 Å². The summed E-state index contributed by atoms with van der Waals surface area (Å²) in [5.41, 5.74) is 0. The Labute approximate surface area is 76.3 Å². The van der Waals surface area contributed by atoms with Crippen molar-refractivity contribution in [2.75, 3.05) is 27.2 Å². The van der Waals surface area contributed by atoms with Crippen LogP contribution in [0.1, 0.15) is 26.2 Å². The summed E-state index contributed by atoms with van der Waals surface area (Å²) < 4.78 is 0. The highest BCUT2D eigenvalue weighted by Crippen LogP contribution is 2.23. The van der Waals surface area contributed by atoms with Crippen molar-refractivity contribution in [1.82, 2.24) is 10.2 Å². The first kappa shape index (κ1) is 10.0. The second kappa shape index (κ2) is 4.83. The average molecular weight is 170 g/mol. The SMILES string of the molecule is CNCC(C)CN(C)C1CCC1. The lowest BCUT2D eigenvalue weighted by Crippen LogP contribution is -2.40. The Hall–Kier alpha value is -0.0800. The third-order valence-electron chi connectivity index (χ3n) is 2.85. The van der Waals surface area contributed by atoms with E-state index in [1.54, 1.807) is 0 Å². The second-order valence-corrected chi connectivity index (χ2v) is 4.19. The van der Waals surface area contributed by atoms with Gasteiger partial charge in [-0.05, 0) is 39.4 Å². The lowest BCUT2D eigenvalue weighted by molar-refractivity contribution is 0.141. The second-order valence-electron chi connectivity index (χ2n) is 4.19. The van der Waals surface area contributed by atoms with Gasteiger partial charge in [-0.3, -0.25) is 0 Å². The summed E-state index contributed by atoms with van der Waals surface area (Å²) in [5.74, 6) is 0.778. The molecule has 0 bridgehead atoms. The van der Waals surface area contributed by atoms with E-state index < -0.39 is 0 Å². The molecule has 0 spiro atoms. The number of hydrogen-bond donors (Lipinski definition) is 1. The minimum absolute atomic E-state index is 0.778. The van der Waals surface area contributed by atoms with Crippen molar-refractivity contribution in [1.29, 1.82) is 0 Å². The molecule has 0 aliphatic heterocycles. The molecule has 1 atom stereocenters. The molecule has 1 aliphatic carbocycles. The third-order valence-corrected chi connectivity index (χ3v) is 2.85. The smallest absolute Gasteiger partial charge is 0.00923 e. The number of rotatable bonds is 5. The Morgan fingerprint density at radius 2 is 2.17 bits per heavy atom. The highest BCUT2D eigenvalue weighted by molar-refractivity contribution is 4.78. The van der Waals surface area contributed by atoms with Crippen molar-refractivity contribution in [2.45, 2.75) is 32.2 Å². The molecule has 1 saturated carbocycles. The Morgan fingerprint density at radius 3 is 2.58 bits per heavy atom. The zero-order valence-corrected chi connectivity index (χ0v) is 8.64. The molecule has 1 fully saturated rings. The van der Waals surface area contributed by atoms with Crippen LogP contribution in [0.15, 0.2) is 0 Å². The normalized spacial score (nSPS) is 21.0. The summed E-state index contributed by atoms with van der Waals surface area (Å²) in [7, 11) is 4.29. The fraction of sp³-hybridized carbons (Fsp3) is 1.00. The van der Waals surface area contributed by atoms with Gasteiger partial charge >= 0.3 is 0 Å². The Balaban J connectivity index is 2.11. The molecule has 0 radical (unpaired) electrons. The molecular weight excluding hydrogens is 148 g/mol. The Kier molecular flexibility index (Phi) is 4.02. The topological polar surface area (TPSA) is 15.3 Å². The molecule has 1 aliphatic rings. The van der Waals surface area contributed by atoms with Gasteiger partial charge in [0.05, 0.1) is 0 Å². The number of hydrogen-bond acceptors (Lipinski definition) is 2. The van der Waals surface area contributed by atoms with Crippen LogP contribution < -0.4 is 5.32 Å². The minimum atomic E-state index is 0.778. The van der Waals surface area contributed by atoms with Crippen molar-refractivity contribution >= 4 is 0 Å². The van der Waals surface area contributed by atoms with Crippen molar-refractivity contribution < 1.29 is 0 Å². The third kappa shape index (κ3) is 2.76. The lowest BCUT2D eigenvalue weighted by Gasteiger charge is -2.36. The molecule has 12 heavy (non-hydrogen) atoms. The van der Waals surface area contributed by atoms with E-state index >= 15 is 0 Å². The monoisotopic (exact) mass is 170 g/mol. The van der Waals surface area contributed by atoms with Crippen molar-refractivity contribution in [3.63, 3.8) is 0 Å². The zero-order valence-electron chi connectivity index (χ0n) is 8.64. The first-order valence-corrected chi connectivity index (χ1v) is 5.09. The number of nitrogens with zero attached hydrogens (tertiary/aromatic N) is 1. The van der Waals surface area contributed by atoms with Crippen LogP contribution in [0.5, 0.6) is 0 Å². The molecule has 0 aromatic heterocycles. The molecule has 0 heterocycles. The standard InChI is InChI=1S/C10H22N2/c1-9(7-11-2)8-12(3)10-5-4-6-10/h9-11H,4-8H2,1-3H3. The molecule has 0 amide bonds. The predicted octanol–water partition coefficient (Wildman–Crippen LogP) is 1.33. The van der Waals surface area contributed by atoms with Gasteiger partial charge in [-0.25, -0.2) is 0 Å². The molecule has 1 N–H and O–H groups in total. The molecule has 2 heteroatoms. The van der Waals surface area contributed by atoms with Crippen molar-refractivity contribution in [2.24, 2.45) is 5.92 Å². The largest absolute Gasteiger partial charge is 0.319 e. The van der Waals surface area contributed by atoms with Gasteiger partial charge in [0.25, 0.3) is 0 Å². The molecule has 0 saturated heterocycles. The van der Waals surface area contributed by atoms with Crippen LogP contribution in [0.4, 0.5) is 0 Å². The highest BCUT2D eigenvalue weighted by Gasteiger charge is 2.22. The van der Waals surface area contributed by atoms with Gasteiger partial charge in [0.2, 0.25) is 0 Å². The average Bonchev–Trinajstić information content (AvgIpc) is 1.82. The Bertz CT molecular complexity index is 121. The summed E-state index contributed by atoms with van der Waals surface area (Å²) in [6.45, 7) is 4.69. The van der Waals surface area contributed by atoms with Crippen LogP contribution in [0.3, 0.4) is 0 Å². The van der Waals surface area contributed by atoms with Gasteiger partial charge in [0.1, 0.15) is 0 Å². The lowest BCUT2D eigenvalue weighted by atomic mass is 9.91. The molecule has 0 aromatic rings. The van der Waals surface area contributed by atoms with E-state index in [4.69, 9.17) is 0 Å². The first-order valence-electron chi connectivity index (χ1n) is 5.09. The molecule has 0 aromatic carbocycles. The summed E-state index contributed by atoms with van der Waals surface area (Å²) >= 11 is 0. The van der Waals surface area contributed by atoms with Crippen LogP contribution in [-0.4, -0.2) is 38.1 Å². The molecular formula is C10H22N2. The molecule has 1 unspecified atom stereocenters. The summed E-state index contributed by atoms with van der Waals surface area (Å²) in [4.78, 5) is 2.52. The highest BCUT2D eigenvalue weighted by atomic mass is 15.1. The van der Waals surface area contributed by atoms with E-state index in [-0.39, 0.29) is 0 Å². The van der Waals surface area contributed by atoms with E-state index in [2.05, 4.69) is 24.2 Å². The van der Waals surface area contributed by atoms with E-state index in [1.807, 2.05) is 7.05 Å². The van der Waals surface area contributed by atoms with Crippen LogP contribution in [-0.2, 0) is 0 Å². The van der Waals surface area contributed by atoms with Gasteiger partial charge in [-0.15, -0.1) is 0 Å². The first-order chi connectivity index (χ1) is 5.74.